The number of aromatic hydroxyl groups is 1. The van der Waals surface area contributed by atoms with Crippen LogP contribution in [-0.2, 0) is 21.7 Å². The van der Waals surface area contributed by atoms with E-state index in [-0.39, 0.29) is 27.4 Å². The van der Waals surface area contributed by atoms with Crippen LogP contribution in [0.3, 0.4) is 0 Å². The van der Waals surface area contributed by atoms with Crippen LogP contribution < -0.4 is 0 Å². The monoisotopic (exact) mass is 976 g/mol. The van der Waals surface area contributed by atoms with E-state index in [4.69, 9.17) is 9.97 Å². The van der Waals surface area contributed by atoms with Crippen LogP contribution in [0.25, 0.3) is 72.7 Å². The van der Waals surface area contributed by atoms with Crippen molar-refractivity contribution in [1.82, 2.24) is 14.5 Å². The number of phenolic OH excluding ortho intramolecular Hbond substituents is 1. The minimum absolute atomic E-state index is 0.0908. The Labute approximate surface area is 444 Å². The molecule has 0 saturated heterocycles. The van der Waals surface area contributed by atoms with Crippen LogP contribution in [0.4, 0.5) is 0 Å². The standard InChI is InChI=1S/C70H75N3O/c1-67(2,3)54-34-35-62(58(42-54)50-22-17-14-18-23-50)73-63-25-19-24-57(64(63)72-66(73)59-43-56(69(7,8)9)44-60(65(59)74)70(10,11)12)52-38-53(40-55(39-52)68(4,5)6)61-41-51(36-37-71-61)49-32-30-48(31-33-49)47-28-26-46(27-29-47)45-20-15-13-16-21-45/h13-25,30-44,46-47,74H,26-29H2,1-12H3/i46D,47D. The van der Waals surface area contributed by atoms with Crippen molar-refractivity contribution in [3.63, 3.8) is 0 Å². The zero-order chi connectivity index (χ0) is 54.2. The fourth-order valence-electron chi connectivity index (χ4n) is 10.7. The minimum Gasteiger partial charge on any atom is -0.507 e. The second-order valence-electron chi connectivity index (χ2n) is 24.8. The third-order valence-electron chi connectivity index (χ3n) is 15.3. The molecule has 10 rings (SSSR count). The first-order chi connectivity index (χ1) is 35.8. The first-order valence-corrected chi connectivity index (χ1v) is 26.7. The first kappa shape index (κ1) is 47.9. The Bertz CT molecular complexity index is 3590. The van der Waals surface area contributed by atoms with Gasteiger partial charge in [0.2, 0.25) is 0 Å². The molecule has 4 nitrogen and oxygen atoms in total. The van der Waals surface area contributed by atoms with Gasteiger partial charge >= 0.3 is 0 Å². The lowest BCUT2D eigenvalue weighted by atomic mass is 9.76. The summed E-state index contributed by atoms with van der Waals surface area (Å²) in [6.45, 7) is 26.8. The summed E-state index contributed by atoms with van der Waals surface area (Å²) in [6, 6.07) is 58.1. The van der Waals surface area contributed by atoms with Crippen molar-refractivity contribution < 1.29 is 7.85 Å². The molecule has 0 radical (unpaired) electrons. The van der Waals surface area contributed by atoms with E-state index in [9.17, 15) is 7.85 Å². The summed E-state index contributed by atoms with van der Waals surface area (Å²) in [5, 5.41) is 12.6. The van der Waals surface area contributed by atoms with Crippen molar-refractivity contribution in [2.24, 2.45) is 0 Å². The van der Waals surface area contributed by atoms with Gasteiger partial charge in [0.1, 0.15) is 11.6 Å². The lowest BCUT2D eigenvalue weighted by molar-refractivity contribution is 0.396. The number of pyridine rings is 1. The summed E-state index contributed by atoms with van der Waals surface area (Å²) >= 11 is 0. The number of aromatic nitrogens is 3. The molecule has 1 N–H and O–H groups in total. The molecule has 2 heterocycles. The van der Waals surface area contributed by atoms with E-state index in [2.05, 4.69) is 233 Å². The molecule has 9 aromatic rings. The number of benzene rings is 7. The molecule has 376 valence electrons. The molecular formula is C70H75N3O. The Morgan fingerprint density at radius 2 is 1.04 bits per heavy atom. The van der Waals surface area contributed by atoms with E-state index in [1.54, 1.807) is 0 Å². The van der Waals surface area contributed by atoms with E-state index in [1.807, 2.05) is 24.4 Å². The zero-order valence-electron chi connectivity index (χ0n) is 47.8. The van der Waals surface area contributed by atoms with E-state index >= 15 is 0 Å². The summed E-state index contributed by atoms with van der Waals surface area (Å²) in [5.74, 6) is -0.444. The molecule has 0 bridgehead atoms. The Kier molecular flexibility index (Phi) is 12.5. The zero-order valence-corrected chi connectivity index (χ0v) is 45.8. The lowest BCUT2D eigenvalue weighted by Gasteiger charge is -2.29. The molecule has 0 spiro atoms. The summed E-state index contributed by atoms with van der Waals surface area (Å²) < 4.78 is 21.1. The van der Waals surface area contributed by atoms with Gasteiger partial charge in [-0.1, -0.05) is 198 Å². The van der Waals surface area contributed by atoms with Crippen LogP contribution in [0.5, 0.6) is 5.75 Å². The van der Waals surface area contributed by atoms with Crippen molar-refractivity contribution in [1.29, 1.82) is 0 Å². The highest BCUT2D eigenvalue weighted by Crippen LogP contribution is 2.47. The molecule has 1 aliphatic rings. The first-order valence-electron chi connectivity index (χ1n) is 27.7. The average Bonchev–Trinajstić information content (AvgIpc) is 3.83. The van der Waals surface area contributed by atoms with Gasteiger partial charge in [-0.25, -0.2) is 4.98 Å². The Hall–Kier alpha value is -7.04. The van der Waals surface area contributed by atoms with Gasteiger partial charge in [0.25, 0.3) is 0 Å². The number of imidazole rings is 1. The number of fused-ring (bicyclic) bond motifs is 1. The molecular weight excluding hydrogens is 899 g/mol. The van der Waals surface area contributed by atoms with Gasteiger partial charge in [0.15, 0.2) is 0 Å². The summed E-state index contributed by atoms with van der Waals surface area (Å²) in [6.07, 6.45) is 4.53. The minimum atomic E-state index is -0.724. The molecule has 1 aliphatic carbocycles. The van der Waals surface area contributed by atoms with Gasteiger partial charge in [0, 0.05) is 31.2 Å². The Morgan fingerprint density at radius 3 is 1.66 bits per heavy atom. The predicted octanol–water partition coefficient (Wildman–Crippen LogP) is 19.1. The molecule has 7 aromatic carbocycles. The maximum absolute atomic E-state index is 12.6. The Balaban J connectivity index is 1.12. The van der Waals surface area contributed by atoms with Crippen LogP contribution in [0.2, 0.25) is 0 Å². The van der Waals surface area contributed by atoms with Crippen molar-refractivity contribution in [2.75, 3.05) is 0 Å². The number of hydrogen-bond acceptors (Lipinski definition) is 3. The molecule has 0 amide bonds. The average molecular weight is 976 g/mol. The predicted molar refractivity (Wildman–Crippen MR) is 313 cm³/mol. The summed E-state index contributed by atoms with van der Waals surface area (Å²) in [4.78, 5) is 10.8. The van der Waals surface area contributed by atoms with Crippen molar-refractivity contribution in [3.8, 4) is 67.5 Å². The second kappa shape index (κ2) is 19.3. The number of rotatable bonds is 8. The van der Waals surface area contributed by atoms with Crippen LogP contribution in [0.1, 0.15) is 157 Å². The highest BCUT2D eigenvalue weighted by atomic mass is 16.3. The van der Waals surface area contributed by atoms with Crippen molar-refractivity contribution in [2.45, 2.75) is 142 Å². The highest BCUT2D eigenvalue weighted by Gasteiger charge is 2.30. The molecule has 1 fully saturated rings. The van der Waals surface area contributed by atoms with Crippen LogP contribution in [-0.4, -0.2) is 19.6 Å². The smallest absolute Gasteiger partial charge is 0.149 e. The highest BCUT2D eigenvalue weighted by molar-refractivity contribution is 5.98. The van der Waals surface area contributed by atoms with Crippen molar-refractivity contribution >= 4 is 11.0 Å². The SMILES string of the molecule is [2H]C1(c2ccccc2)CCC([2H])(c2ccc(-c3ccnc(-c4cc(-c5cccc6c5nc(-c5cc(C(C)(C)C)cc(C(C)(C)C)c5O)n6-c5ccc(C(C)(C)C)cc5-c5ccccc5)cc(C(C)(C)C)c4)c3)cc2)CC1. The molecule has 4 heteroatoms. The van der Waals surface area contributed by atoms with Crippen molar-refractivity contribution in [3.05, 3.63) is 203 Å². The fourth-order valence-corrected chi connectivity index (χ4v) is 10.7. The molecule has 0 aliphatic heterocycles. The number of nitrogens with zero attached hydrogens (tertiary/aromatic N) is 3. The molecule has 2 aromatic heterocycles. The molecule has 74 heavy (non-hydrogen) atoms. The van der Waals surface area contributed by atoms with E-state index in [0.29, 0.717) is 37.1 Å². The third-order valence-corrected chi connectivity index (χ3v) is 15.3. The molecule has 0 atom stereocenters. The van der Waals surface area contributed by atoms with Gasteiger partial charge in [-0.3, -0.25) is 9.55 Å². The van der Waals surface area contributed by atoms with Crippen LogP contribution in [0.15, 0.2) is 170 Å². The maximum Gasteiger partial charge on any atom is 0.149 e. The number of para-hydroxylation sites is 1. The third kappa shape index (κ3) is 10.1. The van der Waals surface area contributed by atoms with Gasteiger partial charge in [-0.15, -0.1) is 0 Å². The molecule has 1 saturated carbocycles. The van der Waals surface area contributed by atoms with Gasteiger partial charge in [-0.05, 0) is 158 Å². The van der Waals surface area contributed by atoms with Crippen LogP contribution >= 0.6 is 0 Å². The second-order valence-corrected chi connectivity index (χ2v) is 24.8. The lowest BCUT2D eigenvalue weighted by Crippen LogP contribution is -2.17. The Morgan fingerprint density at radius 1 is 0.459 bits per heavy atom. The van der Waals surface area contributed by atoms with Gasteiger partial charge < -0.3 is 5.11 Å². The van der Waals surface area contributed by atoms with E-state index in [0.717, 1.165) is 83.6 Å². The normalized spacial score (nSPS) is 18.1. The van der Waals surface area contributed by atoms with E-state index in [1.165, 1.54) is 11.1 Å². The fraction of sp³-hybridized carbons (Fsp3) is 0.314. The summed E-state index contributed by atoms with van der Waals surface area (Å²) in [7, 11) is 0. The largest absolute Gasteiger partial charge is 0.507 e. The van der Waals surface area contributed by atoms with Gasteiger partial charge in [-0.2, -0.15) is 0 Å². The quantitative estimate of drug-likeness (QED) is 0.165. The summed E-state index contributed by atoms with van der Waals surface area (Å²) in [5.41, 5.74) is 17.4. The van der Waals surface area contributed by atoms with E-state index < -0.39 is 11.8 Å². The molecule has 0 unspecified atom stereocenters. The number of phenols is 1. The van der Waals surface area contributed by atoms with Gasteiger partial charge in [0.05, 0.1) is 28.0 Å². The maximum atomic E-state index is 12.6. The van der Waals surface area contributed by atoms with Crippen LogP contribution in [0, 0.1) is 0 Å². The number of hydrogen-bond donors (Lipinski definition) is 1. The topological polar surface area (TPSA) is 50.9 Å².